The van der Waals surface area contributed by atoms with Crippen molar-refractivity contribution in [1.29, 1.82) is 0 Å². The molecule has 294 valence electrons. The summed E-state index contributed by atoms with van der Waals surface area (Å²) in [6.45, 7) is 0. The number of rotatable bonds is 8. The molecule has 8 rings (SSSR count). The number of ether oxygens (including phenoxy) is 1. The van der Waals surface area contributed by atoms with E-state index in [0.717, 1.165) is 36.0 Å². The number of nitrogens with one attached hydrogen (secondary N) is 1. The minimum absolute atomic E-state index is 0.0946. The first-order chi connectivity index (χ1) is 27.3. The maximum absolute atomic E-state index is 13.4. The summed E-state index contributed by atoms with van der Waals surface area (Å²) in [5, 5.41) is 1.00. The molecule has 0 aliphatic heterocycles. The molecule has 5 heterocycles. The largest absolute Gasteiger partial charge is 0.438 e. The molecule has 0 spiro atoms. The van der Waals surface area contributed by atoms with Gasteiger partial charge in [-0.05, 0) is 84.9 Å². The van der Waals surface area contributed by atoms with Crippen LogP contribution < -0.4 is 15.9 Å². The van der Waals surface area contributed by atoms with E-state index >= 15 is 0 Å². The van der Waals surface area contributed by atoms with Crippen LogP contribution >= 0.6 is 22.0 Å². The van der Waals surface area contributed by atoms with Gasteiger partial charge in [-0.2, -0.15) is 13.2 Å². The second-order valence-electron chi connectivity index (χ2n) is 12.6. The molecule has 3 aromatic carbocycles. The van der Waals surface area contributed by atoms with E-state index in [4.69, 9.17) is 15.5 Å². The van der Waals surface area contributed by atoms with Crippen molar-refractivity contribution in [2.75, 3.05) is 5.73 Å². The van der Waals surface area contributed by atoms with Crippen molar-refractivity contribution < 1.29 is 37.3 Å². The number of H-pyrrole nitrogens is 1. The van der Waals surface area contributed by atoms with Crippen molar-refractivity contribution in [2.45, 2.75) is 21.0 Å². The number of nitrogens with two attached hydrogens (primary N) is 1. The summed E-state index contributed by atoms with van der Waals surface area (Å²) >= 11 is 1.06. The summed E-state index contributed by atoms with van der Waals surface area (Å²) in [5.41, 5.74) is 7.16. The number of fused-ring (bicyclic) bond motifs is 2. The summed E-state index contributed by atoms with van der Waals surface area (Å²) in [5.74, 6) is -0.134. The number of pyridine rings is 3. The van der Waals surface area contributed by atoms with Gasteiger partial charge < -0.3 is 15.5 Å². The summed E-state index contributed by atoms with van der Waals surface area (Å²) in [4.78, 5) is 41.3. The maximum atomic E-state index is 13.4. The number of hydrogen-bond acceptors (Lipinski definition) is 10. The van der Waals surface area contributed by atoms with Gasteiger partial charge in [-0.15, -0.1) is 0 Å². The van der Waals surface area contributed by atoms with Gasteiger partial charge in [0.25, 0.3) is 0 Å². The average Bonchev–Trinajstić information content (AvgIpc) is 3.17. The van der Waals surface area contributed by atoms with E-state index < -0.39 is 32.3 Å². The average molecular weight is 839 g/mol. The fraction of sp³-hybridized carbons (Fsp3) is 0.0263. The molecule has 20 heteroatoms. The molecule has 0 aliphatic carbocycles. The minimum Gasteiger partial charge on any atom is -0.438 e. The van der Waals surface area contributed by atoms with Crippen molar-refractivity contribution in [3.63, 3.8) is 0 Å². The van der Waals surface area contributed by atoms with Crippen LogP contribution in [0, 0.1) is 0 Å². The van der Waals surface area contributed by atoms with Gasteiger partial charge in [-0.3, -0.25) is 4.79 Å². The number of halogens is 8. The van der Waals surface area contributed by atoms with E-state index in [1.54, 1.807) is 30.3 Å². The van der Waals surface area contributed by atoms with E-state index in [1.165, 1.54) is 49.1 Å². The fourth-order valence-electron chi connectivity index (χ4n) is 5.78. The summed E-state index contributed by atoms with van der Waals surface area (Å²) < 4.78 is 112. The molecule has 0 aliphatic rings. The number of aromatic nitrogens is 7. The standard InChI is InChI=1S/C38H22F8N8O2S2/c39-38(40,41)21-4-8-23(9-5-21)57-37-33(20-3-13-28-27(16-20)34(47)51-19-50-28)52-31(18-49-37)30-17-32(55)26-12-14-29(53-35(26)54-30)25-2-1-15-48-36(25)56-22-6-10-24(11-7-22)58(42,43,44,45)46/h1-19H,(H2,47,50,51)(H,53,54,55). The van der Waals surface area contributed by atoms with Gasteiger partial charge in [0.1, 0.15) is 44.9 Å². The lowest BCUT2D eigenvalue weighted by molar-refractivity contribution is -0.137. The predicted octanol–water partition coefficient (Wildman–Crippen LogP) is 11.3. The fourth-order valence-corrected chi connectivity index (χ4v) is 7.29. The zero-order valence-electron chi connectivity index (χ0n) is 28.9. The van der Waals surface area contributed by atoms with Crippen LogP contribution in [-0.2, 0) is 6.18 Å². The molecule has 0 atom stereocenters. The van der Waals surface area contributed by atoms with Gasteiger partial charge >= 0.3 is 16.4 Å². The van der Waals surface area contributed by atoms with Crippen LogP contribution in [0.1, 0.15) is 5.56 Å². The van der Waals surface area contributed by atoms with Gasteiger partial charge in [-0.1, -0.05) is 37.3 Å². The molecule has 0 saturated heterocycles. The number of hydrogen-bond donors (Lipinski definition) is 2. The third kappa shape index (κ3) is 7.83. The van der Waals surface area contributed by atoms with E-state index in [2.05, 4.69) is 29.9 Å². The molecule has 0 amide bonds. The number of anilines is 1. The van der Waals surface area contributed by atoms with Crippen molar-refractivity contribution in [1.82, 2.24) is 34.9 Å². The molecule has 0 fully saturated rings. The third-order valence-corrected chi connectivity index (χ3v) is 10.7. The number of nitrogens with zero attached hydrogens (tertiary/aromatic N) is 6. The Morgan fingerprint density at radius 3 is 2.24 bits per heavy atom. The Labute approximate surface area is 325 Å². The van der Waals surface area contributed by atoms with Crippen LogP contribution in [0.15, 0.2) is 135 Å². The summed E-state index contributed by atoms with van der Waals surface area (Å²) in [6, 6.07) is 18.9. The molecule has 10 nitrogen and oxygen atoms in total. The van der Waals surface area contributed by atoms with Crippen LogP contribution in [0.2, 0.25) is 0 Å². The number of benzene rings is 3. The van der Waals surface area contributed by atoms with E-state index in [9.17, 15) is 37.4 Å². The van der Waals surface area contributed by atoms with E-state index in [-0.39, 0.29) is 63.3 Å². The SMILES string of the molecule is Nc1ncnc2ccc(-c3nc(-c4cc(=O)c5ccc(-c6cccnc6Oc6ccc(S(F)(F)(F)(F)F)cc6)nc5[nH]4)cnc3Sc3ccc(C(F)(F)F)cc3)cc12. The molecule has 3 N–H and O–H groups in total. The lowest BCUT2D eigenvalue weighted by Gasteiger charge is -2.40. The number of alkyl halides is 3. The highest BCUT2D eigenvalue weighted by molar-refractivity contribution is 8.45. The van der Waals surface area contributed by atoms with Crippen molar-refractivity contribution in [3.8, 4) is 45.5 Å². The second-order valence-corrected chi connectivity index (χ2v) is 16.0. The van der Waals surface area contributed by atoms with E-state index in [0.29, 0.717) is 32.1 Å². The van der Waals surface area contributed by atoms with E-state index in [1.807, 2.05) is 0 Å². The lowest BCUT2D eigenvalue weighted by atomic mass is 10.1. The molecule has 0 saturated carbocycles. The Bertz CT molecular complexity index is 2970. The normalized spacial score (nSPS) is 13.3. The van der Waals surface area contributed by atoms with Crippen molar-refractivity contribution >= 4 is 49.7 Å². The first kappa shape index (κ1) is 38.2. The highest BCUT2D eigenvalue weighted by Gasteiger charge is 2.65. The first-order valence-corrected chi connectivity index (χ1v) is 19.3. The first-order valence-electron chi connectivity index (χ1n) is 16.5. The summed E-state index contributed by atoms with van der Waals surface area (Å²) in [7, 11) is -9.91. The van der Waals surface area contributed by atoms with Crippen LogP contribution in [-0.4, -0.2) is 34.9 Å². The summed E-state index contributed by atoms with van der Waals surface area (Å²) in [6.07, 6.45) is -0.489. The third-order valence-electron chi connectivity index (χ3n) is 8.57. The molecule has 0 radical (unpaired) electrons. The van der Waals surface area contributed by atoms with Gasteiger partial charge in [0.15, 0.2) is 5.43 Å². The highest BCUT2D eigenvalue weighted by Crippen LogP contribution is 3.02. The topological polar surface area (TPSA) is 145 Å². The quantitative estimate of drug-likeness (QED) is 0.142. The van der Waals surface area contributed by atoms with Crippen LogP contribution in [0.5, 0.6) is 11.6 Å². The molecule has 58 heavy (non-hydrogen) atoms. The Kier molecular flexibility index (Phi) is 8.70. The molecule has 0 bridgehead atoms. The minimum atomic E-state index is -9.91. The Balaban J connectivity index is 1.18. The zero-order valence-corrected chi connectivity index (χ0v) is 30.5. The predicted molar refractivity (Wildman–Crippen MR) is 203 cm³/mol. The molecule has 8 aromatic rings. The van der Waals surface area contributed by atoms with Crippen molar-refractivity contribution in [2.24, 2.45) is 0 Å². The number of nitrogen functional groups attached to an aromatic ring is 1. The van der Waals surface area contributed by atoms with Crippen LogP contribution in [0.4, 0.5) is 38.4 Å². The molecule has 5 aromatic heterocycles. The molecule has 0 unspecified atom stereocenters. The maximum Gasteiger partial charge on any atom is 0.416 e. The monoisotopic (exact) mass is 838 g/mol. The molecular formula is C38H22F8N8O2S2. The lowest BCUT2D eigenvalue weighted by Crippen LogP contribution is -2.06. The zero-order chi connectivity index (χ0) is 41.1. The van der Waals surface area contributed by atoms with Gasteiger partial charge in [0, 0.05) is 28.1 Å². The van der Waals surface area contributed by atoms with Crippen molar-refractivity contribution in [3.05, 3.63) is 132 Å². The van der Waals surface area contributed by atoms with Gasteiger partial charge in [0.2, 0.25) is 5.88 Å². The van der Waals surface area contributed by atoms with Crippen LogP contribution in [0.25, 0.3) is 55.8 Å². The highest BCUT2D eigenvalue weighted by atomic mass is 32.5. The van der Waals surface area contributed by atoms with Gasteiger partial charge in [-0.25, -0.2) is 29.9 Å². The smallest absolute Gasteiger partial charge is 0.416 e. The molecular weight excluding hydrogens is 817 g/mol. The Morgan fingerprint density at radius 1 is 0.759 bits per heavy atom. The van der Waals surface area contributed by atoms with Crippen LogP contribution in [0.3, 0.4) is 0 Å². The van der Waals surface area contributed by atoms with Gasteiger partial charge in [0.05, 0.1) is 39.6 Å². The Morgan fingerprint density at radius 2 is 1.52 bits per heavy atom. The Hall–Kier alpha value is -6.67. The number of aromatic amines is 1. The second kappa shape index (κ2) is 13.2.